The predicted octanol–water partition coefficient (Wildman–Crippen LogP) is 2.42. The SMILES string of the molecule is Cc1cccc(/C=N/Nc2cc(NCCN3CCOCC3)cc(N3CCOCC3)n2)c1. The molecule has 2 fully saturated rings. The van der Waals surface area contributed by atoms with Gasteiger partial charge in [0.05, 0.1) is 32.6 Å². The van der Waals surface area contributed by atoms with Gasteiger partial charge in [0.2, 0.25) is 0 Å². The smallest absolute Gasteiger partial charge is 0.150 e. The van der Waals surface area contributed by atoms with Gasteiger partial charge in [-0.15, -0.1) is 0 Å². The minimum atomic E-state index is 0.724. The molecule has 8 nitrogen and oxygen atoms in total. The van der Waals surface area contributed by atoms with Gasteiger partial charge in [0, 0.05) is 57.1 Å². The molecule has 2 saturated heterocycles. The number of rotatable bonds is 8. The molecule has 1 aromatic carbocycles. The Morgan fingerprint density at radius 1 is 1.03 bits per heavy atom. The summed E-state index contributed by atoms with van der Waals surface area (Å²) in [5.41, 5.74) is 6.41. The maximum absolute atomic E-state index is 5.50. The standard InChI is InChI=1S/C23H32N6O2/c1-19-3-2-4-20(15-19)18-25-27-22-16-21(24-5-6-28-7-11-30-12-8-28)17-23(26-22)29-9-13-31-14-10-29/h2-4,15-18H,5-14H2,1H3,(H2,24,26,27)/b25-18+. The first-order valence-corrected chi connectivity index (χ1v) is 11.0. The Balaban J connectivity index is 1.43. The van der Waals surface area contributed by atoms with Crippen molar-refractivity contribution in [1.29, 1.82) is 0 Å². The molecular formula is C23H32N6O2. The Hall–Kier alpha value is -2.68. The summed E-state index contributed by atoms with van der Waals surface area (Å²) in [6.07, 6.45) is 1.82. The minimum absolute atomic E-state index is 0.724. The van der Waals surface area contributed by atoms with Crippen molar-refractivity contribution in [2.45, 2.75) is 6.92 Å². The lowest BCUT2D eigenvalue weighted by Gasteiger charge is -2.29. The summed E-state index contributed by atoms with van der Waals surface area (Å²) in [6, 6.07) is 12.4. The van der Waals surface area contributed by atoms with Crippen molar-refractivity contribution in [3.63, 3.8) is 0 Å². The first-order valence-electron chi connectivity index (χ1n) is 11.0. The largest absolute Gasteiger partial charge is 0.384 e. The first-order chi connectivity index (χ1) is 15.3. The molecule has 31 heavy (non-hydrogen) atoms. The van der Waals surface area contributed by atoms with E-state index in [0.29, 0.717) is 0 Å². The normalized spacial score (nSPS) is 17.8. The van der Waals surface area contributed by atoms with Crippen LogP contribution in [-0.2, 0) is 9.47 Å². The number of nitrogens with zero attached hydrogens (tertiary/aromatic N) is 4. The topological polar surface area (TPSA) is 74.2 Å². The summed E-state index contributed by atoms with van der Waals surface area (Å²) in [7, 11) is 0. The molecule has 3 heterocycles. The number of hydrazone groups is 1. The quantitative estimate of drug-likeness (QED) is 0.498. The van der Waals surface area contributed by atoms with Gasteiger partial charge in [0.1, 0.15) is 5.82 Å². The zero-order valence-electron chi connectivity index (χ0n) is 18.2. The highest BCUT2D eigenvalue weighted by Gasteiger charge is 2.15. The number of nitrogens with one attached hydrogen (secondary N) is 2. The summed E-state index contributed by atoms with van der Waals surface area (Å²) in [5, 5.41) is 7.96. The van der Waals surface area contributed by atoms with E-state index in [0.717, 1.165) is 88.6 Å². The number of pyridine rings is 1. The second-order valence-electron chi connectivity index (χ2n) is 7.86. The van der Waals surface area contributed by atoms with Crippen LogP contribution < -0.4 is 15.6 Å². The van der Waals surface area contributed by atoms with Gasteiger partial charge in [0.15, 0.2) is 5.82 Å². The Labute approximate surface area is 184 Å². The van der Waals surface area contributed by atoms with Crippen molar-refractivity contribution < 1.29 is 9.47 Å². The number of morpholine rings is 2. The third-order valence-electron chi connectivity index (χ3n) is 5.44. The van der Waals surface area contributed by atoms with Crippen LogP contribution in [-0.4, -0.2) is 81.8 Å². The first kappa shape index (κ1) is 21.5. The van der Waals surface area contributed by atoms with E-state index in [1.165, 1.54) is 5.56 Å². The molecule has 2 aromatic rings. The van der Waals surface area contributed by atoms with Gasteiger partial charge in [-0.1, -0.05) is 29.8 Å². The molecule has 0 radical (unpaired) electrons. The number of aryl methyl sites for hydroxylation is 1. The molecule has 2 aliphatic rings. The molecule has 4 rings (SSSR count). The van der Waals surface area contributed by atoms with Gasteiger partial charge >= 0.3 is 0 Å². The van der Waals surface area contributed by atoms with E-state index in [1.807, 2.05) is 24.4 Å². The summed E-state index contributed by atoms with van der Waals surface area (Å²) in [5.74, 6) is 1.66. The van der Waals surface area contributed by atoms with Crippen molar-refractivity contribution in [3.8, 4) is 0 Å². The number of ether oxygens (including phenoxy) is 2. The molecule has 0 aliphatic carbocycles. The highest BCUT2D eigenvalue weighted by molar-refractivity contribution is 5.80. The average molecular weight is 425 g/mol. The number of benzene rings is 1. The van der Waals surface area contributed by atoms with E-state index >= 15 is 0 Å². The Bertz CT molecular complexity index is 863. The van der Waals surface area contributed by atoms with Crippen LogP contribution in [0.1, 0.15) is 11.1 Å². The molecule has 0 spiro atoms. The number of hydrogen-bond donors (Lipinski definition) is 2. The van der Waals surface area contributed by atoms with Gasteiger partial charge < -0.3 is 19.7 Å². The fraction of sp³-hybridized carbons (Fsp3) is 0.478. The summed E-state index contributed by atoms with van der Waals surface area (Å²) >= 11 is 0. The highest BCUT2D eigenvalue weighted by Crippen LogP contribution is 2.22. The molecule has 0 unspecified atom stereocenters. The lowest BCUT2D eigenvalue weighted by Crippen LogP contribution is -2.39. The summed E-state index contributed by atoms with van der Waals surface area (Å²) in [4.78, 5) is 9.46. The van der Waals surface area contributed by atoms with E-state index in [-0.39, 0.29) is 0 Å². The molecule has 2 aliphatic heterocycles. The van der Waals surface area contributed by atoms with E-state index in [9.17, 15) is 0 Å². The fourth-order valence-electron chi connectivity index (χ4n) is 3.74. The maximum atomic E-state index is 5.50. The average Bonchev–Trinajstić information content (AvgIpc) is 2.80. The fourth-order valence-corrected chi connectivity index (χ4v) is 3.74. The van der Waals surface area contributed by atoms with Gasteiger partial charge in [-0.2, -0.15) is 5.10 Å². The van der Waals surface area contributed by atoms with Crippen LogP contribution in [0.4, 0.5) is 17.3 Å². The van der Waals surface area contributed by atoms with Gasteiger partial charge in [-0.25, -0.2) is 4.98 Å². The van der Waals surface area contributed by atoms with E-state index in [2.05, 4.69) is 50.8 Å². The number of anilines is 3. The molecule has 0 bridgehead atoms. The van der Waals surface area contributed by atoms with E-state index in [1.54, 1.807) is 0 Å². The number of hydrogen-bond acceptors (Lipinski definition) is 8. The Morgan fingerprint density at radius 2 is 1.81 bits per heavy atom. The van der Waals surface area contributed by atoms with Gasteiger partial charge in [0.25, 0.3) is 0 Å². The highest BCUT2D eigenvalue weighted by atomic mass is 16.5. The third kappa shape index (κ3) is 6.65. The van der Waals surface area contributed by atoms with Crippen molar-refractivity contribution >= 4 is 23.5 Å². The lowest BCUT2D eigenvalue weighted by molar-refractivity contribution is 0.0398. The van der Waals surface area contributed by atoms with Crippen LogP contribution in [0.15, 0.2) is 41.5 Å². The molecule has 0 atom stereocenters. The molecule has 2 N–H and O–H groups in total. The second-order valence-corrected chi connectivity index (χ2v) is 7.86. The summed E-state index contributed by atoms with van der Waals surface area (Å²) < 4.78 is 10.9. The zero-order chi connectivity index (χ0) is 21.3. The van der Waals surface area contributed by atoms with E-state index < -0.39 is 0 Å². The van der Waals surface area contributed by atoms with Crippen molar-refractivity contribution in [1.82, 2.24) is 9.88 Å². The van der Waals surface area contributed by atoms with Crippen LogP contribution in [0.3, 0.4) is 0 Å². The molecule has 8 heteroatoms. The van der Waals surface area contributed by atoms with Crippen LogP contribution in [0.25, 0.3) is 0 Å². The van der Waals surface area contributed by atoms with Crippen molar-refractivity contribution in [2.24, 2.45) is 5.10 Å². The zero-order valence-corrected chi connectivity index (χ0v) is 18.2. The summed E-state index contributed by atoms with van der Waals surface area (Å²) in [6.45, 7) is 10.7. The lowest BCUT2D eigenvalue weighted by atomic mass is 10.2. The Kier molecular flexibility index (Phi) is 7.71. The maximum Gasteiger partial charge on any atom is 0.150 e. The van der Waals surface area contributed by atoms with Crippen molar-refractivity contribution in [3.05, 3.63) is 47.5 Å². The second kappa shape index (κ2) is 11.1. The van der Waals surface area contributed by atoms with Crippen molar-refractivity contribution in [2.75, 3.05) is 81.3 Å². The Morgan fingerprint density at radius 3 is 2.58 bits per heavy atom. The molecule has 1 aromatic heterocycles. The van der Waals surface area contributed by atoms with Crippen LogP contribution in [0, 0.1) is 6.92 Å². The van der Waals surface area contributed by atoms with Crippen LogP contribution in [0.5, 0.6) is 0 Å². The molecular weight excluding hydrogens is 392 g/mol. The molecule has 166 valence electrons. The van der Waals surface area contributed by atoms with Crippen LogP contribution in [0.2, 0.25) is 0 Å². The molecule has 0 amide bonds. The number of aromatic nitrogens is 1. The van der Waals surface area contributed by atoms with Gasteiger partial charge in [-0.3, -0.25) is 10.3 Å². The van der Waals surface area contributed by atoms with E-state index in [4.69, 9.17) is 14.5 Å². The van der Waals surface area contributed by atoms with Gasteiger partial charge in [-0.05, 0) is 12.5 Å². The third-order valence-corrected chi connectivity index (χ3v) is 5.44. The molecule has 0 saturated carbocycles. The predicted molar refractivity (Wildman–Crippen MR) is 125 cm³/mol. The van der Waals surface area contributed by atoms with Crippen LogP contribution >= 0.6 is 0 Å². The monoisotopic (exact) mass is 424 g/mol. The minimum Gasteiger partial charge on any atom is -0.384 e.